The van der Waals surface area contributed by atoms with Gasteiger partial charge in [-0.15, -0.1) is 0 Å². The van der Waals surface area contributed by atoms with Crippen LogP contribution in [0.15, 0.2) is 24.3 Å². The van der Waals surface area contributed by atoms with Crippen molar-refractivity contribution >= 4 is 5.69 Å². The molecule has 1 aromatic rings. The first-order valence-electron chi connectivity index (χ1n) is 5.11. The zero-order valence-electron chi connectivity index (χ0n) is 9.94. The molecule has 0 amide bonds. The smallest absolute Gasteiger partial charge is 0.0628 e. The molecule has 1 rings (SSSR count). The molecule has 84 valence electrons. The fourth-order valence-electron chi connectivity index (χ4n) is 1.56. The Morgan fingerprint density at radius 2 is 1.60 bits per heavy atom. The highest BCUT2D eigenvalue weighted by atomic mass is 16.3. The van der Waals surface area contributed by atoms with Crippen LogP contribution >= 0.6 is 0 Å². The molecule has 0 spiro atoms. The third-order valence-corrected chi connectivity index (χ3v) is 2.59. The maximum Gasteiger partial charge on any atom is 0.0628 e. The molecule has 0 heterocycles. The van der Waals surface area contributed by atoms with E-state index in [2.05, 4.69) is 29.2 Å². The largest absolute Gasteiger partial charge is 0.394 e. The van der Waals surface area contributed by atoms with Gasteiger partial charge in [0.15, 0.2) is 0 Å². The fraction of sp³-hybridized carbons (Fsp3) is 0.500. The standard InChI is InChI=1S/C12H20N2O/c1-13(2)11-7-5-10(6-8-11)12(9-15)14(3)4/h5-8,12,15H,9H2,1-4H3. The van der Waals surface area contributed by atoms with Gasteiger partial charge in [0.25, 0.3) is 0 Å². The van der Waals surface area contributed by atoms with Gasteiger partial charge in [-0.2, -0.15) is 0 Å². The molecule has 1 unspecified atom stereocenters. The van der Waals surface area contributed by atoms with Crippen molar-refractivity contribution in [1.29, 1.82) is 0 Å². The highest BCUT2D eigenvalue weighted by Gasteiger charge is 2.12. The number of hydrogen-bond acceptors (Lipinski definition) is 3. The van der Waals surface area contributed by atoms with Crippen molar-refractivity contribution in [3.63, 3.8) is 0 Å². The Morgan fingerprint density at radius 3 is 1.93 bits per heavy atom. The number of aliphatic hydroxyl groups is 1. The summed E-state index contributed by atoms with van der Waals surface area (Å²) in [5, 5.41) is 9.28. The zero-order chi connectivity index (χ0) is 11.4. The molecule has 1 atom stereocenters. The van der Waals surface area contributed by atoms with E-state index in [1.54, 1.807) is 0 Å². The molecule has 0 saturated heterocycles. The van der Waals surface area contributed by atoms with Crippen LogP contribution in [-0.4, -0.2) is 44.8 Å². The van der Waals surface area contributed by atoms with Gasteiger partial charge in [0.05, 0.1) is 12.6 Å². The molecule has 1 aromatic carbocycles. The molecule has 1 N–H and O–H groups in total. The number of hydrogen-bond donors (Lipinski definition) is 1. The van der Waals surface area contributed by atoms with E-state index in [-0.39, 0.29) is 12.6 Å². The van der Waals surface area contributed by atoms with Gasteiger partial charge in [-0.05, 0) is 31.8 Å². The maximum absolute atomic E-state index is 9.28. The number of likely N-dealkylation sites (N-methyl/N-ethyl adjacent to an activating group) is 1. The van der Waals surface area contributed by atoms with E-state index in [1.165, 1.54) is 5.69 Å². The normalized spacial score (nSPS) is 12.9. The molecule has 15 heavy (non-hydrogen) atoms. The lowest BCUT2D eigenvalue weighted by molar-refractivity contribution is 0.171. The van der Waals surface area contributed by atoms with Gasteiger partial charge in [-0.3, -0.25) is 0 Å². The third-order valence-electron chi connectivity index (χ3n) is 2.59. The minimum Gasteiger partial charge on any atom is -0.394 e. The Morgan fingerprint density at radius 1 is 1.07 bits per heavy atom. The summed E-state index contributed by atoms with van der Waals surface area (Å²) >= 11 is 0. The molecule has 3 nitrogen and oxygen atoms in total. The van der Waals surface area contributed by atoms with Crippen molar-refractivity contribution in [3.05, 3.63) is 29.8 Å². The van der Waals surface area contributed by atoms with Gasteiger partial charge in [0, 0.05) is 19.8 Å². The average molecular weight is 208 g/mol. The SMILES string of the molecule is CN(C)c1ccc(C(CO)N(C)C)cc1. The molecule has 0 fully saturated rings. The second-order valence-corrected chi connectivity index (χ2v) is 4.15. The molecule has 0 aliphatic carbocycles. The van der Waals surface area contributed by atoms with Crippen molar-refractivity contribution in [2.75, 3.05) is 39.7 Å². The van der Waals surface area contributed by atoms with E-state index < -0.39 is 0 Å². The Labute approximate surface area is 91.9 Å². The first-order chi connectivity index (χ1) is 7.06. The van der Waals surface area contributed by atoms with E-state index in [0.717, 1.165) is 5.56 Å². The van der Waals surface area contributed by atoms with Crippen molar-refractivity contribution in [2.24, 2.45) is 0 Å². The minimum atomic E-state index is 0.0845. The molecule has 0 bridgehead atoms. The lowest BCUT2D eigenvalue weighted by atomic mass is 10.1. The molecular formula is C12H20N2O. The summed E-state index contributed by atoms with van der Waals surface area (Å²) in [4.78, 5) is 4.08. The van der Waals surface area contributed by atoms with Crippen molar-refractivity contribution in [1.82, 2.24) is 4.90 Å². The summed E-state index contributed by atoms with van der Waals surface area (Å²) in [6.07, 6.45) is 0. The minimum absolute atomic E-state index is 0.0845. The van der Waals surface area contributed by atoms with Gasteiger partial charge < -0.3 is 14.9 Å². The van der Waals surface area contributed by atoms with Crippen LogP contribution in [-0.2, 0) is 0 Å². The van der Waals surface area contributed by atoms with Crippen molar-refractivity contribution < 1.29 is 5.11 Å². The molecule has 0 aliphatic heterocycles. The second-order valence-electron chi connectivity index (χ2n) is 4.15. The van der Waals surface area contributed by atoms with Crippen LogP contribution in [0.1, 0.15) is 11.6 Å². The van der Waals surface area contributed by atoms with Crippen LogP contribution in [0.3, 0.4) is 0 Å². The fourth-order valence-corrected chi connectivity index (χ4v) is 1.56. The molecule has 0 aromatic heterocycles. The van der Waals surface area contributed by atoms with Gasteiger partial charge in [-0.25, -0.2) is 0 Å². The highest BCUT2D eigenvalue weighted by molar-refractivity contribution is 5.46. The van der Waals surface area contributed by atoms with Crippen LogP contribution < -0.4 is 4.90 Å². The summed E-state index contributed by atoms with van der Waals surface area (Å²) < 4.78 is 0. The quantitative estimate of drug-likeness (QED) is 0.809. The number of nitrogens with zero attached hydrogens (tertiary/aromatic N) is 2. The average Bonchev–Trinajstić information content (AvgIpc) is 2.19. The topological polar surface area (TPSA) is 26.7 Å². The Kier molecular flexibility index (Phi) is 4.12. The van der Waals surface area contributed by atoms with Crippen molar-refractivity contribution in [3.8, 4) is 0 Å². The first-order valence-corrected chi connectivity index (χ1v) is 5.11. The Bertz CT molecular complexity index is 293. The van der Waals surface area contributed by atoms with Gasteiger partial charge in [-0.1, -0.05) is 12.1 Å². The number of rotatable bonds is 4. The molecule has 0 radical (unpaired) electrons. The van der Waals surface area contributed by atoms with Crippen LogP contribution in [0, 0.1) is 0 Å². The van der Waals surface area contributed by atoms with Crippen LogP contribution in [0.25, 0.3) is 0 Å². The van der Waals surface area contributed by atoms with E-state index >= 15 is 0 Å². The predicted molar refractivity (Wildman–Crippen MR) is 64.3 cm³/mol. The molecule has 3 heteroatoms. The third kappa shape index (κ3) is 2.94. The van der Waals surface area contributed by atoms with Crippen LogP contribution in [0.5, 0.6) is 0 Å². The van der Waals surface area contributed by atoms with E-state index in [9.17, 15) is 5.11 Å². The zero-order valence-corrected chi connectivity index (χ0v) is 9.94. The van der Waals surface area contributed by atoms with Gasteiger partial charge in [0.2, 0.25) is 0 Å². The van der Waals surface area contributed by atoms with Gasteiger partial charge in [0.1, 0.15) is 0 Å². The Balaban J connectivity index is 2.87. The lowest BCUT2D eigenvalue weighted by Gasteiger charge is -2.23. The Hall–Kier alpha value is -1.06. The second kappa shape index (κ2) is 5.14. The highest BCUT2D eigenvalue weighted by Crippen LogP contribution is 2.20. The predicted octanol–water partition coefficient (Wildman–Crippen LogP) is 1.35. The summed E-state index contributed by atoms with van der Waals surface area (Å²) in [5.41, 5.74) is 2.32. The number of aliphatic hydroxyl groups excluding tert-OH is 1. The van der Waals surface area contributed by atoms with Gasteiger partial charge >= 0.3 is 0 Å². The van der Waals surface area contributed by atoms with E-state index in [1.807, 2.05) is 33.1 Å². The number of anilines is 1. The van der Waals surface area contributed by atoms with E-state index in [0.29, 0.717) is 0 Å². The summed E-state index contributed by atoms with van der Waals surface area (Å²) in [6, 6.07) is 8.36. The molecular weight excluding hydrogens is 188 g/mol. The lowest BCUT2D eigenvalue weighted by Crippen LogP contribution is -2.23. The van der Waals surface area contributed by atoms with Crippen LogP contribution in [0.4, 0.5) is 5.69 Å². The molecule has 0 saturated carbocycles. The first kappa shape index (κ1) is 12.0. The van der Waals surface area contributed by atoms with Crippen molar-refractivity contribution in [2.45, 2.75) is 6.04 Å². The summed E-state index contributed by atoms with van der Waals surface area (Å²) in [6.45, 7) is 0.147. The monoisotopic (exact) mass is 208 g/mol. The summed E-state index contributed by atoms with van der Waals surface area (Å²) in [7, 11) is 7.98. The van der Waals surface area contributed by atoms with Crippen LogP contribution in [0.2, 0.25) is 0 Å². The maximum atomic E-state index is 9.28. The van der Waals surface area contributed by atoms with E-state index in [4.69, 9.17) is 0 Å². The summed E-state index contributed by atoms with van der Waals surface area (Å²) in [5.74, 6) is 0. The number of benzene rings is 1. The molecule has 0 aliphatic rings.